The van der Waals surface area contributed by atoms with E-state index in [1.165, 1.54) is 13.0 Å². The Balaban J connectivity index is 2.14. The molecule has 0 saturated heterocycles. The van der Waals surface area contributed by atoms with Crippen LogP contribution in [0.2, 0.25) is 0 Å². The molecule has 1 heterocycles. The molecule has 0 N–H and O–H groups in total. The number of carbonyl (C=O) groups excluding carboxylic acids is 3. The zero-order valence-electron chi connectivity index (χ0n) is 17.5. The van der Waals surface area contributed by atoms with E-state index in [0.29, 0.717) is 0 Å². The minimum Gasteiger partial charge on any atom is -0.457 e. The van der Waals surface area contributed by atoms with Crippen molar-refractivity contribution in [1.82, 2.24) is 0 Å². The smallest absolute Gasteiger partial charge is 0.374 e. The van der Waals surface area contributed by atoms with Gasteiger partial charge in [0, 0.05) is 25.6 Å². The number of carbonyl (C=O) groups is 3. The van der Waals surface area contributed by atoms with Crippen LogP contribution in [0.3, 0.4) is 0 Å². The number of esters is 2. The predicted octanol–water partition coefficient (Wildman–Crippen LogP) is 3.93. The fraction of sp³-hybridized carbons (Fsp3) is 0.292. The topological polar surface area (TPSA) is 72.9 Å². The SMILES string of the molecule is CC(=O)O/C(=C\[C@@H](c1ccccc1)[C@@H]1C(=O)N(C)c2ccccc21)C(=O)OC(C)C. The monoisotopic (exact) mass is 407 g/mol. The highest BCUT2D eigenvalue weighted by atomic mass is 16.6. The van der Waals surface area contributed by atoms with Crippen LogP contribution in [0, 0.1) is 0 Å². The van der Waals surface area contributed by atoms with E-state index >= 15 is 0 Å². The van der Waals surface area contributed by atoms with Gasteiger partial charge < -0.3 is 14.4 Å². The van der Waals surface area contributed by atoms with E-state index in [4.69, 9.17) is 9.47 Å². The second-order valence-electron chi connectivity index (χ2n) is 7.45. The van der Waals surface area contributed by atoms with Crippen LogP contribution in [0.4, 0.5) is 5.69 Å². The largest absolute Gasteiger partial charge is 0.457 e. The third-order valence-electron chi connectivity index (χ3n) is 4.90. The number of amides is 1. The van der Waals surface area contributed by atoms with Crippen molar-refractivity contribution in [3.05, 3.63) is 77.6 Å². The summed E-state index contributed by atoms with van der Waals surface area (Å²) in [6.07, 6.45) is 1.14. The molecule has 0 aliphatic carbocycles. The molecule has 0 unspecified atom stereocenters. The molecular weight excluding hydrogens is 382 g/mol. The Kier molecular flexibility index (Phi) is 6.35. The maximum absolute atomic E-state index is 13.2. The van der Waals surface area contributed by atoms with Crippen LogP contribution in [-0.2, 0) is 23.9 Å². The first-order chi connectivity index (χ1) is 14.3. The molecule has 2 aromatic carbocycles. The summed E-state index contributed by atoms with van der Waals surface area (Å²) in [5.41, 5.74) is 2.50. The molecule has 156 valence electrons. The standard InChI is InChI=1S/C24H25NO5/c1-15(2)29-24(28)21(30-16(3)26)14-19(17-10-6-5-7-11-17)22-18-12-8-9-13-20(18)25(4)23(22)27/h5-15,19,22H,1-4H3/b21-14-/t19-,22+/m0/s1. The molecule has 1 aliphatic rings. The zero-order valence-corrected chi connectivity index (χ0v) is 17.5. The van der Waals surface area contributed by atoms with Crippen molar-refractivity contribution < 1.29 is 23.9 Å². The van der Waals surface area contributed by atoms with E-state index in [1.807, 2.05) is 54.6 Å². The Hall–Kier alpha value is -3.41. The maximum Gasteiger partial charge on any atom is 0.374 e. The van der Waals surface area contributed by atoms with Gasteiger partial charge in [-0.3, -0.25) is 9.59 Å². The lowest BCUT2D eigenvalue weighted by Gasteiger charge is -2.22. The molecule has 1 amide bonds. The average Bonchev–Trinajstić information content (AvgIpc) is 2.96. The molecule has 0 spiro atoms. The van der Waals surface area contributed by atoms with Gasteiger partial charge in [0.2, 0.25) is 11.7 Å². The van der Waals surface area contributed by atoms with Crippen LogP contribution in [0.5, 0.6) is 0 Å². The van der Waals surface area contributed by atoms with Gasteiger partial charge in [-0.05, 0) is 37.1 Å². The molecule has 0 radical (unpaired) electrons. The van der Waals surface area contributed by atoms with Gasteiger partial charge in [-0.15, -0.1) is 0 Å². The Morgan fingerprint density at radius 3 is 2.30 bits per heavy atom. The number of hydrogen-bond acceptors (Lipinski definition) is 5. The second-order valence-corrected chi connectivity index (χ2v) is 7.45. The highest BCUT2D eigenvalue weighted by Crippen LogP contribution is 2.45. The summed E-state index contributed by atoms with van der Waals surface area (Å²) in [7, 11) is 1.73. The van der Waals surface area contributed by atoms with Crippen molar-refractivity contribution in [3.63, 3.8) is 0 Å². The second kappa shape index (κ2) is 8.95. The number of para-hydroxylation sites is 1. The summed E-state index contributed by atoms with van der Waals surface area (Å²) < 4.78 is 10.4. The molecule has 0 fully saturated rings. The molecule has 6 nitrogen and oxygen atoms in total. The quantitative estimate of drug-likeness (QED) is 0.412. The summed E-state index contributed by atoms with van der Waals surface area (Å²) in [4.78, 5) is 39.1. The first kappa shape index (κ1) is 21.3. The van der Waals surface area contributed by atoms with Gasteiger partial charge >= 0.3 is 11.9 Å². The van der Waals surface area contributed by atoms with Crippen LogP contribution in [-0.4, -0.2) is 31.0 Å². The number of ether oxygens (including phenoxy) is 2. The Bertz CT molecular complexity index is 980. The number of rotatable bonds is 6. The normalized spacial score (nSPS) is 17.0. The molecular formula is C24H25NO5. The molecule has 1 aliphatic heterocycles. The van der Waals surface area contributed by atoms with Crippen molar-refractivity contribution in [2.75, 3.05) is 11.9 Å². The van der Waals surface area contributed by atoms with Crippen molar-refractivity contribution in [1.29, 1.82) is 0 Å². The van der Waals surface area contributed by atoms with Gasteiger partial charge in [-0.25, -0.2) is 4.79 Å². The number of likely N-dealkylation sites (N-methyl/N-ethyl adjacent to an activating group) is 1. The summed E-state index contributed by atoms with van der Waals surface area (Å²) in [6.45, 7) is 4.64. The lowest BCUT2D eigenvalue weighted by Crippen LogP contribution is -2.27. The molecule has 0 saturated carbocycles. The van der Waals surface area contributed by atoms with E-state index in [1.54, 1.807) is 25.8 Å². The van der Waals surface area contributed by atoms with Crippen LogP contribution in [0.25, 0.3) is 0 Å². The number of anilines is 1. The van der Waals surface area contributed by atoms with Gasteiger partial charge in [0.05, 0.1) is 12.0 Å². The van der Waals surface area contributed by atoms with Crippen molar-refractivity contribution in [2.45, 2.75) is 38.7 Å². The van der Waals surface area contributed by atoms with Gasteiger partial charge in [-0.1, -0.05) is 48.5 Å². The molecule has 2 aromatic rings. The predicted molar refractivity (Wildman–Crippen MR) is 113 cm³/mol. The number of allylic oxidation sites excluding steroid dienone is 1. The molecule has 3 rings (SSSR count). The van der Waals surface area contributed by atoms with Crippen LogP contribution in [0.15, 0.2) is 66.4 Å². The summed E-state index contributed by atoms with van der Waals surface area (Å²) in [6, 6.07) is 16.9. The maximum atomic E-state index is 13.2. The van der Waals surface area contributed by atoms with Crippen molar-refractivity contribution in [3.8, 4) is 0 Å². The first-order valence-electron chi connectivity index (χ1n) is 9.82. The van der Waals surface area contributed by atoms with Crippen LogP contribution in [0.1, 0.15) is 43.7 Å². The van der Waals surface area contributed by atoms with Gasteiger partial charge in [0.1, 0.15) is 0 Å². The third-order valence-corrected chi connectivity index (χ3v) is 4.90. The van der Waals surface area contributed by atoms with Crippen LogP contribution >= 0.6 is 0 Å². The van der Waals surface area contributed by atoms with Crippen molar-refractivity contribution in [2.24, 2.45) is 0 Å². The third kappa shape index (κ3) is 4.43. The summed E-state index contributed by atoms with van der Waals surface area (Å²) in [5, 5.41) is 0. The molecule has 0 aromatic heterocycles. The molecule has 2 atom stereocenters. The fourth-order valence-corrected chi connectivity index (χ4v) is 3.66. The minimum absolute atomic E-state index is 0.0966. The molecule has 6 heteroatoms. The van der Waals surface area contributed by atoms with E-state index in [2.05, 4.69) is 0 Å². The number of nitrogens with zero attached hydrogens (tertiary/aromatic N) is 1. The summed E-state index contributed by atoms with van der Waals surface area (Å²) >= 11 is 0. The Morgan fingerprint density at radius 2 is 1.67 bits per heavy atom. The number of benzene rings is 2. The highest BCUT2D eigenvalue weighted by molar-refractivity contribution is 6.05. The Labute approximate surface area is 176 Å². The Morgan fingerprint density at radius 1 is 1.03 bits per heavy atom. The zero-order chi connectivity index (χ0) is 21.8. The van der Waals surface area contributed by atoms with Gasteiger partial charge in [0.15, 0.2) is 0 Å². The molecule has 0 bridgehead atoms. The van der Waals surface area contributed by atoms with E-state index in [9.17, 15) is 14.4 Å². The highest BCUT2D eigenvalue weighted by Gasteiger charge is 2.40. The fourth-order valence-electron chi connectivity index (χ4n) is 3.66. The van der Waals surface area contributed by atoms with E-state index in [0.717, 1.165) is 16.8 Å². The number of fused-ring (bicyclic) bond motifs is 1. The summed E-state index contributed by atoms with van der Waals surface area (Å²) in [5.74, 6) is -2.78. The van der Waals surface area contributed by atoms with E-state index < -0.39 is 23.8 Å². The average molecular weight is 407 g/mol. The van der Waals surface area contributed by atoms with E-state index in [-0.39, 0.29) is 17.8 Å². The van der Waals surface area contributed by atoms with Crippen molar-refractivity contribution >= 4 is 23.5 Å². The van der Waals surface area contributed by atoms with Gasteiger partial charge in [0.25, 0.3) is 0 Å². The number of hydrogen-bond donors (Lipinski definition) is 0. The van der Waals surface area contributed by atoms with Crippen LogP contribution < -0.4 is 4.90 Å². The lowest BCUT2D eigenvalue weighted by molar-refractivity contribution is -0.153. The lowest BCUT2D eigenvalue weighted by atomic mass is 9.81. The van der Waals surface area contributed by atoms with Gasteiger partial charge in [-0.2, -0.15) is 0 Å². The molecule has 30 heavy (non-hydrogen) atoms. The first-order valence-corrected chi connectivity index (χ1v) is 9.82. The minimum atomic E-state index is -0.742.